The molecule has 0 atom stereocenters. The fourth-order valence-electron chi connectivity index (χ4n) is 1.64. The highest BCUT2D eigenvalue weighted by molar-refractivity contribution is 5.79. The third-order valence-corrected chi connectivity index (χ3v) is 2.88. The Balaban J connectivity index is 1.65. The molecule has 1 aliphatic carbocycles. The Morgan fingerprint density at radius 1 is 1.41 bits per heavy atom. The highest BCUT2D eigenvalue weighted by Gasteiger charge is 2.20. The van der Waals surface area contributed by atoms with Gasteiger partial charge in [0.15, 0.2) is 5.96 Å². The van der Waals surface area contributed by atoms with Gasteiger partial charge in [-0.1, -0.05) is 6.07 Å². The van der Waals surface area contributed by atoms with E-state index in [1.807, 2.05) is 31.4 Å². The van der Waals surface area contributed by atoms with Gasteiger partial charge in [-0.3, -0.25) is 9.98 Å². The molecule has 2 N–H and O–H groups in total. The minimum Gasteiger partial charge on any atom is -0.356 e. The number of nitrogens with one attached hydrogen (secondary N) is 2. The highest BCUT2D eigenvalue weighted by Crippen LogP contribution is 2.27. The normalized spacial score (nSPS) is 15.7. The number of nitrogens with zero attached hydrogens (tertiary/aromatic N) is 2. The Morgan fingerprint density at radius 2 is 2.29 bits per heavy atom. The van der Waals surface area contributed by atoms with Crippen molar-refractivity contribution < 1.29 is 0 Å². The second-order valence-corrected chi connectivity index (χ2v) is 4.39. The zero-order valence-corrected chi connectivity index (χ0v) is 10.3. The van der Waals surface area contributed by atoms with Crippen LogP contribution in [-0.2, 0) is 6.42 Å². The number of pyridine rings is 1. The van der Waals surface area contributed by atoms with E-state index >= 15 is 0 Å². The maximum absolute atomic E-state index is 4.29. The fraction of sp³-hybridized carbons (Fsp3) is 0.538. The molecule has 1 aromatic rings. The van der Waals surface area contributed by atoms with Crippen LogP contribution in [0, 0.1) is 5.92 Å². The number of aromatic nitrogens is 1. The second-order valence-electron chi connectivity index (χ2n) is 4.39. The second kappa shape index (κ2) is 6.23. The van der Waals surface area contributed by atoms with Gasteiger partial charge in [0.05, 0.1) is 0 Å². The largest absolute Gasteiger partial charge is 0.356 e. The van der Waals surface area contributed by atoms with Crippen LogP contribution < -0.4 is 10.6 Å². The third kappa shape index (κ3) is 4.43. The summed E-state index contributed by atoms with van der Waals surface area (Å²) in [5, 5.41) is 6.64. The van der Waals surface area contributed by atoms with Gasteiger partial charge < -0.3 is 10.6 Å². The number of hydrogen-bond donors (Lipinski definition) is 2. The van der Waals surface area contributed by atoms with E-state index in [0.29, 0.717) is 0 Å². The van der Waals surface area contributed by atoms with Gasteiger partial charge in [-0.05, 0) is 30.9 Å². The Morgan fingerprint density at radius 3 is 2.94 bits per heavy atom. The average Bonchev–Trinajstić information content (AvgIpc) is 3.19. The minimum atomic E-state index is 0.862. The van der Waals surface area contributed by atoms with Gasteiger partial charge in [-0.2, -0.15) is 0 Å². The molecule has 0 aliphatic heterocycles. The van der Waals surface area contributed by atoms with Crippen LogP contribution in [0.1, 0.15) is 18.5 Å². The molecular weight excluding hydrogens is 212 g/mol. The van der Waals surface area contributed by atoms with Gasteiger partial charge in [-0.15, -0.1) is 0 Å². The molecule has 92 valence electrons. The molecule has 0 radical (unpaired) electrons. The summed E-state index contributed by atoms with van der Waals surface area (Å²) in [6.07, 6.45) is 5.47. The average molecular weight is 232 g/mol. The first-order chi connectivity index (χ1) is 8.38. The van der Waals surface area contributed by atoms with E-state index in [1.54, 1.807) is 0 Å². The zero-order valence-electron chi connectivity index (χ0n) is 10.3. The van der Waals surface area contributed by atoms with Crippen molar-refractivity contribution >= 4 is 5.96 Å². The van der Waals surface area contributed by atoms with E-state index in [1.165, 1.54) is 12.8 Å². The predicted octanol–water partition coefficient (Wildman–Crippen LogP) is 1.20. The van der Waals surface area contributed by atoms with Gasteiger partial charge in [0, 0.05) is 38.4 Å². The Hall–Kier alpha value is -1.58. The lowest BCUT2D eigenvalue weighted by molar-refractivity contribution is 0.731. The monoisotopic (exact) mass is 232 g/mol. The molecule has 1 aliphatic rings. The summed E-state index contributed by atoms with van der Waals surface area (Å²) < 4.78 is 0. The molecule has 1 saturated carbocycles. The molecule has 0 saturated heterocycles. The van der Waals surface area contributed by atoms with Crippen LogP contribution in [-0.4, -0.2) is 31.1 Å². The first-order valence-corrected chi connectivity index (χ1v) is 6.23. The number of aliphatic imine (C=N–C) groups is 1. The summed E-state index contributed by atoms with van der Waals surface area (Å²) >= 11 is 0. The van der Waals surface area contributed by atoms with Crippen molar-refractivity contribution in [1.82, 2.24) is 15.6 Å². The zero-order chi connectivity index (χ0) is 11.9. The standard InChI is InChI=1S/C13H20N4/c1-14-13(17-10-11-5-6-11)16-9-7-12-4-2-3-8-15-12/h2-4,8,11H,5-7,9-10H2,1H3,(H2,14,16,17). The molecule has 0 amide bonds. The minimum absolute atomic E-state index is 0.862. The Kier molecular flexibility index (Phi) is 4.36. The van der Waals surface area contributed by atoms with E-state index in [4.69, 9.17) is 0 Å². The molecule has 4 heteroatoms. The first-order valence-electron chi connectivity index (χ1n) is 6.23. The predicted molar refractivity (Wildman–Crippen MR) is 70.0 cm³/mol. The van der Waals surface area contributed by atoms with E-state index < -0.39 is 0 Å². The summed E-state index contributed by atoms with van der Waals surface area (Å²) in [6.45, 7) is 1.91. The van der Waals surface area contributed by atoms with Gasteiger partial charge in [0.2, 0.25) is 0 Å². The van der Waals surface area contributed by atoms with E-state index in [2.05, 4.69) is 20.6 Å². The quantitative estimate of drug-likeness (QED) is 0.592. The highest BCUT2D eigenvalue weighted by atomic mass is 15.2. The lowest BCUT2D eigenvalue weighted by atomic mass is 10.3. The van der Waals surface area contributed by atoms with Crippen LogP contribution >= 0.6 is 0 Å². The van der Waals surface area contributed by atoms with Crippen LogP contribution in [0.15, 0.2) is 29.4 Å². The van der Waals surface area contributed by atoms with Crippen LogP contribution in [0.5, 0.6) is 0 Å². The van der Waals surface area contributed by atoms with Crippen LogP contribution in [0.2, 0.25) is 0 Å². The Labute approximate surface area is 103 Å². The number of rotatable bonds is 5. The van der Waals surface area contributed by atoms with Crippen molar-refractivity contribution in [1.29, 1.82) is 0 Å². The SMILES string of the molecule is CN=C(NCCc1ccccn1)NCC1CC1. The summed E-state index contributed by atoms with van der Waals surface area (Å²) in [4.78, 5) is 8.48. The molecule has 4 nitrogen and oxygen atoms in total. The van der Waals surface area contributed by atoms with Crippen LogP contribution in [0.3, 0.4) is 0 Å². The number of hydrogen-bond acceptors (Lipinski definition) is 2. The fourth-order valence-corrected chi connectivity index (χ4v) is 1.64. The molecule has 0 aromatic carbocycles. The summed E-state index contributed by atoms with van der Waals surface area (Å²) in [6, 6.07) is 6.00. The molecule has 1 aromatic heterocycles. The lowest BCUT2D eigenvalue weighted by Gasteiger charge is -2.10. The number of guanidine groups is 1. The van der Waals surface area contributed by atoms with Crippen molar-refractivity contribution in [2.75, 3.05) is 20.1 Å². The smallest absolute Gasteiger partial charge is 0.190 e. The molecule has 2 rings (SSSR count). The van der Waals surface area contributed by atoms with Crippen LogP contribution in [0.25, 0.3) is 0 Å². The van der Waals surface area contributed by atoms with Crippen molar-refractivity contribution in [3.8, 4) is 0 Å². The summed E-state index contributed by atoms with van der Waals surface area (Å²) in [5.41, 5.74) is 1.11. The Bertz CT molecular complexity index is 357. The molecule has 1 fully saturated rings. The summed E-state index contributed by atoms with van der Waals surface area (Å²) in [5.74, 6) is 1.76. The van der Waals surface area contributed by atoms with E-state index in [0.717, 1.165) is 37.1 Å². The van der Waals surface area contributed by atoms with Gasteiger partial charge in [0.1, 0.15) is 0 Å². The molecular formula is C13H20N4. The summed E-state index contributed by atoms with van der Waals surface area (Å²) in [7, 11) is 1.81. The van der Waals surface area contributed by atoms with E-state index in [9.17, 15) is 0 Å². The maximum atomic E-state index is 4.29. The van der Waals surface area contributed by atoms with Crippen molar-refractivity contribution in [2.45, 2.75) is 19.3 Å². The lowest BCUT2D eigenvalue weighted by Crippen LogP contribution is -2.39. The van der Waals surface area contributed by atoms with Crippen molar-refractivity contribution in [3.05, 3.63) is 30.1 Å². The van der Waals surface area contributed by atoms with Crippen LogP contribution in [0.4, 0.5) is 0 Å². The maximum Gasteiger partial charge on any atom is 0.190 e. The first kappa shape index (κ1) is 11.9. The van der Waals surface area contributed by atoms with Gasteiger partial charge >= 0.3 is 0 Å². The van der Waals surface area contributed by atoms with Gasteiger partial charge in [0.25, 0.3) is 0 Å². The molecule has 0 bridgehead atoms. The molecule has 0 spiro atoms. The van der Waals surface area contributed by atoms with Crippen molar-refractivity contribution in [3.63, 3.8) is 0 Å². The topological polar surface area (TPSA) is 49.3 Å². The molecule has 17 heavy (non-hydrogen) atoms. The van der Waals surface area contributed by atoms with Crippen molar-refractivity contribution in [2.24, 2.45) is 10.9 Å². The van der Waals surface area contributed by atoms with Gasteiger partial charge in [-0.25, -0.2) is 0 Å². The molecule has 0 unspecified atom stereocenters. The third-order valence-electron chi connectivity index (χ3n) is 2.88. The molecule has 1 heterocycles. The van der Waals surface area contributed by atoms with E-state index in [-0.39, 0.29) is 0 Å².